The van der Waals surface area contributed by atoms with E-state index in [0.29, 0.717) is 5.82 Å². The zero-order chi connectivity index (χ0) is 13.4. The van der Waals surface area contributed by atoms with Gasteiger partial charge in [-0.2, -0.15) is 5.10 Å². The van der Waals surface area contributed by atoms with E-state index in [1.165, 1.54) is 0 Å². The molecule has 0 fully saturated rings. The second kappa shape index (κ2) is 4.56. The fourth-order valence-electron chi connectivity index (χ4n) is 1.49. The summed E-state index contributed by atoms with van der Waals surface area (Å²) in [6, 6.07) is 0.188. The molecule has 1 aromatic rings. The van der Waals surface area contributed by atoms with Gasteiger partial charge in [0.25, 0.3) is 0 Å². The number of nitrogens with one attached hydrogen (secondary N) is 1. The standard InChI is InChI=1S/C10H20N4O2S/c1-6(2)12-9-8(11)10(17(5,15)16)13-14(9)7(3)4/h6-7,12H,11H2,1-5H3. The number of nitrogens with zero attached hydrogens (tertiary/aromatic N) is 2. The van der Waals surface area contributed by atoms with Crippen molar-refractivity contribution in [1.82, 2.24) is 9.78 Å². The van der Waals surface area contributed by atoms with Crippen molar-refractivity contribution in [2.75, 3.05) is 17.3 Å². The first kappa shape index (κ1) is 13.8. The number of hydrogen-bond acceptors (Lipinski definition) is 5. The summed E-state index contributed by atoms with van der Waals surface area (Å²) in [5.41, 5.74) is 6.04. The highest BCUT2D eigenvalue weighted by Gasteiger charge is 2.23. The lowest BCUT2D eigenvalue weighted by molar-refractivity contribution is 0.519. The van der Waals surface area contributed by atoms with Crippen LogP contribution in [0.2, 0.25) is 0 Å². The van der Waals surface area contributed by atoms with Crippen LogP contribution in [0.15, 0.2) is 5.03 Å². The van der Waals surface area contributed by atoms with Gasteiger partial charge in [0.1, 0.15) is 11.5 Å². The average Bonchev–Trinajstić information content (AvgIpc) is 2.42. The third-order valence-corrected chi connectivity index (χ3v) is 3.18. The van der Waals surface area contributed by atoms with Crippen molar-refractivity contribution in [3.05, 3.63) is 0 Å². The van der Waals surface area contributed by atoms with Gasteiger partial charge in [-0.1, -0.05) is 0 Å². The molecule has 7 heteroatoms. The van der Waals surface area contributed by atoms with E-state index < -0.39 is 9.84 Å². The third-order valence-electron chi connectivity index (χ3n) is 2.18. The Hall–Kier alpha value is -1.24. The minimum Gasteiger partial charge on any atom is -0.393 e. The number of aromatic nitrogens is 2. The zero-order valence-corrected chi connectivity index (χ0v) is 11.7. The molecule has 1 aromatic heterocycles. The molecule has 0 saturated heterocycles. The lowest BCUT2D eigenvalue weighted by Crippen LogP contribution is -2.16. The first-order valence-electron chi connectivity index (χ1n) is 5.49. The monoisotopic (exact) mass is 260 g/mol. The van der Waals surface area contributed by atoms with Crippen molar-refractivity contribution >= 4 is 21.3 Å². The molecule has 0 unspecified atom stereocenters. The van der Waals surface area contributed by atoms with Gasteiger partial charge in [-0.3, -0.25) is 0 Å². The molecule has 0 spiro atoms. The van der Waals surface area contributed by atoms with Crippen LogP contribution in [0.1, 0.15) is 33.7 Å². The Bertz CT molecular complexity index is 503. The molecule has 98 valence electrons. The molecule has 0 aliphatic rings. The minimum absolute atomic E-state index is 0.0362. The average molecular weight is 260 g/mol. The summed E-state index contributed by atoms with van der Waals surface area (Å²) in [5.74, 6) is 0.565. The Morgan fingerprint density at radius 3 is 2.18 bits per heavy atom. The minimum atomic E-state index is -3.40. The van der Waals surface area contributed by atoms with Crippen LogP contribution in [0.25, 0.3) is 0 Å². The van der Waals surface area contributed by atoms with Crippen LogP contribution in [0.4, 0.5) is 11.5 Å². The highest BCUT2D eigenvalue weighted by Crippen LogP contribution is 2.29. The number of nitrogen functional groups attached to an aromatic ring is 1. The van der Waals surface area contributed by atoms with E-state index in [0.717, 1.165) is 6.26 Å². The number of sulfone groups is 1. The summed E-state index contributed by atoms with van der Waals surface area (Å²) in [4.78, 5) is 0. The van der Waals surface area contributed by atoms with E-state index in [9.17, 15) is 8.42 Å². The molecular formula is C10H20N4O2S. The quantitative estimate of drug-likeness (QED) is 0.851. The van der Waals surface area contributed by atoms with Crippen LogP contribution in [-0.2, 0) is 9.84 Å². The second-order valence-electron chi connectivity index (χ2n) is 4.68. The molecule has 17 heavy (non-hydrogen) atoms. The van der Waals surface area contributed by atoms with Gasteiger partial charge in [-0.05, 0) is 27.7 Å². The van der Waals surface area contributed by atoms with Crippen molar-refractivity contribution < 1.29 is 8.42 Å². The Balaban J connectivity index is 3.41. The molecule has 0 aromatic carbocycles. The Kier molecular flexibility index (Phi) is 3.71. The summed E-state index contributed by atoms with van der Waals surface area (Å²) >= 11 is 0. The van der Waals surface area contributed by atoms with Crippen molar-refractivity contribution in [3.63, 3.8) is 0 Å². The molecule has 0 atom stereocenters. The molecule has 1 rings (SSSR count). The van der Waals surface area contributed by atoms with E-state index in [4.69, 9.17) is 5.73 Å². The third kappa shape index (κ3) is 2.91. The predicted octanol–water partition coefficient (Wildman–Crippen LogP) is 1.27. The summed E-state index contributed by atoms with van der Waals surface area (Å²) in [6.45, 7) is 7.75. The first-order chi connectivity index (χ1) is 7.64. The second-order valence-corrected chi connectivity index (χ2v) is 6.61. The van der Waals surface area contributed by atoms with Gasteiger partial charge in [0.2, 0.25) is 5.03 Å². The lowest BCUT2D eigenvalue weighted by atomic mass is 10.3. The van der Waals surface area contributed by atoms with Gasteiger partial charge in [-0.15, -0.1) is 0 Å². The van der Waals surface area contributed by atoms with E-state index in [1.54, 1.807) is 4.68 Å². The van der Waals surface area contributed by atoms with E-state index in [1.807, 2.05) is 27.7 Å². The van der Waals surface area contributed by atoms with Crippen LogP contribution >= 0.6 is 0 Å². The van der Waals surface area contributed by atoms with Crippen LogP contribution < -0.4 is 11.1 Å². The van der Waals surface area contributed by atoms with Crippen LogP contribution in [-0.4, -0.2) is 30.5 Å². The topological polar surface area (TPSA) is 90.0 Å². The molecule has 0 saturated carbocycles. The molecule has 0 aliphatic heterocycles. The molecule has 6 nitrogen and oxygen atoms in total. The maximum Gasteiger partial charge on any atom is 0.201 e. The highest BCUT2D eigenvalue weighted by atomic mass is 32.2. The molecule has 3 N–H and O–H groups in total. The molecule has 0 amide bonds. The van der Waals surface area contributed by atoms with Gasteiger partial charge in [0.15, 0.2) is 9.84 Å². The predicted molar refractivity (Wildman–Crippen MR) is 68.9 cm³/mol. The number of rotatable bonds is 4. The van der Waals surface area contributed by atoms with Crippen LogP contribution in [0, 0.1) is 0 Å². The summed E-state index contributed by atoms with van der Waals surface area (Å²) in [6.07, 6.45) is 1.11. The summed E-state index contributed by atoms with van der Waals surface area (Å²) in [5, 5.41) is 7.14. The number of anilines is 2. The summed E-state index contributed by atoms with van der Waals surface area (Å²) in [7, 11) is -3.40. The van der Waals surface area contributed by atoms with Crippen LogP contribution in [0.5, 0.6) is 0 Å². The Morgan fingerprint density at radius 1 is 1.29 bits per heavy atom. The van der Waals surface area contributed by atoms with E-state index in [2.05, 4.69) is 10.4 Å². The molecule has 1 heterocycles. The van der Waals surface area contributed by atoms with Crippen molar-refractivity contribution in [2.45, 2.75) is 44.8 Å². The number of hydrogen-bond donors (Lipinski definition) is 2. The van der Waals surface area contributed by atoms with Crippen molar-refractivity contribution in [3.8, 4) is 0 Å². The normalized spacial score (nSPS) is 12.4. The lowest BCUT2D eigenvalue weighted by Gasteiger charge is -2.15. The van der Waals surface area contributed by atoms with Gasteiger partial charge in [0, 0.05) is 18.3 Å². The van der Waals surface area contributed by atoms with E-state index >= 15 is 0 Å². The molecule has 0 radical (unpaired) electrons. The maximum absolute atomic E-state index is 11.5. The smallest absolute Gasteiger partial charge is 0.201 e. The molecule has 0 bridgehead atoms. The van der Waals surface area contributed by atoms with E-state index in [-0.39, 0.29) is 22.8 Å². The fraction of sp³-hybridized carbons (Fsp3) is 0.700. The molecule has 0 aliphatic carbocycles. The van der Waals surface area contributed by atoms with Crippen LogP contribution in [0.3, 0.4) is 0 Å². The van der Waals surface area contributed by atoms with Gasteiger partial charge < -0.3 is 11.1 Å². The van der Waals surface area contributed by atoms with Gasteiger partial charge in [-0.25, -0.2) is 13.1 Å². The Morgan fingerprint density at radius 2 is 1.82 bits per heavy atom. The van der Waals surface area contributed by atoms with Crippen molar-refractivity contribution in [1.29, 1.82) is 0 Å². The van der Waals surface area contributed by atoms with Gasteiger partial charge in [0.05, 0.1) is 0 Å². The Labute approximate surface area is 102 Å². The highest BCUT2D eigenvalue weighted by molar-refractivity contribution is 7.90. The molecular weight excluding hydrogens is 240 g/mol. The largest absolute Gasteiger partial charge is 0.393 e. The van der Waals surface area contributed by atoms with Gasteiger partial charge >= 0.3 is 0 Å². The fourth-order valence-corrected chi connectivity index (χ4v) is 2.22. The first-order valence-corrected chi connectivity index (χ1v) is 7.38. The maximum atomic E-state index is 11.5. The SMILES string of the molecule is CC(C)Nc1c(N)c(S(C)(=O)=O)nn1C(C)C. The zero-order valence-electron chi connectivity index (χ0n) is 10.9. The number of nitrogens with two attached hydrogens (primary N) is 1. The summed E-state index contributed by atoms with van der Waals surface area (Å²) < 4.78 is 24.7. The van der Waals surface area contributed by atoms with Crippen molar-refractivity contribution in [2.24, 2.45) is 0 Å².